The highest BCUT2D eigenvalue weighted by atomic mass is 16.6. The lowest BCUT2D eigenvalue weighted by molar-refractivity contribution is -0.142. The first-order valence-electron chi connectivity index (χ1n) is 15.1. The smallest absolute Gasteiger partial charge is 0.411 e. The molecule has 0 aromatic heterocycles. The molecule has 1 fully saturated rings. The third-order valence-corrected chi connectivity index (χ3v) is 6.26. The first-order valence-corrected chi connectivity index (χ1v) is 15.1. The molecule has 0 heterocycles. The van der Waals surface area contributed by atoms with Crippen LogP contribution in [0.25, 0.3) is 0 Å². The fourth-order valence-corrected chi connectivity index (χ4v) is 4.24. The number of amides is 1. The molecule has 0 spiro atoms. The summed E-state index contributed by atoms with van der Waals surface area (Å²) in [5.74, 6) is 0.182. The second kappa shape index (κ2) is 25.2. The first-order chi connectivity index (χ1) is 19.1. The normalized spacial score (nSPS) is 15.8. The molecule has 4 N–H and O–H groups in total. The van der Waals surface area contributed by atoms with Gasteiger partial charge < -0.3 is 20.0 Å². The molecule has 0 radical (unpaired) electrons. The van der Waals surface area contributed by atoms with Crippen LogP contribution >= 0.6 is 0 Å². The Bertz CT molecular complexity index is 824. The predicted octanol–water partition coefficient (Wildman–Crippen LogP) is 8.15. The van der Waals surface area contributed by atoms with Gasteiger partial charge in [-0.3, -0.25) is 10.1 Å². The summed E-state index contributed by atoms with van der Waals surface area (Å²) in [5, 5.41) is 11.5. The van der Waals surface area contributed by atoms with Crippen molar-refractivity contribution in [2.24, 2.45) is 5.92 Å². The van der Waals surface area contributed by atoms with Crippen LogP contribution in [-0.2, 0) is 14.3 Å². The molecule has 1 atom stereocenters. The number of rotatable bonds is 14. The van der Waals surface area contributed by atoms with Crippen molar-refractivity contribution in [3.8, 4) is 0 Å². The van der Waals surface area contributed by atoms with Crippen LogP contribution in [0.1, 0.15) is 120 Å². The third-order valence-electron chi connectivity index (χ3n) is 6.26. The standard InChI is InChI=1S/C23H41N3O3.C7H12O2.C2H6/c1-9-12-17(4)21(28-8)16-15-18(5)22(26-24-7)20(14-11-3)25-23(27)29-19(6)13-10-2;8-7(9)6-4-2-1-3-5-6;1-2/h12,15-16,19,24,26H,9-11,13-14H2,1-8H3,(H,25,27);6H,1-5H2,(H,8,9);1-2H3/b17-12+,18-15+,21-16+,22-20+;;. The van der Waals surface area contributed by atoms with Gasteiger partial charge in [-0.05, 0) is 70.1 Å². The summed E-state index contributed by atoms with van der Waals surface area (Å²) in [5.41, 5.74) is 9.77. The Kier molecular flexibility index (Phi) is 24.9. The molecule has 0 saturated heterocycles. The number of ether oxygens (including phenoxy) is 2. The molecule has 0 aromatic carbocycles. The van der Waals surface area contributed by atoms with Crippen molar-refractivity contribution in [3.63, 3.8) is 0 Å². The number of hydrazine groups is 1. The van der Waals surface area contributed by atoms with E-state index in [4.69, 9.17) is 14.6 Å². The molecule has 1 rings (SSSR count). The molecule has 1 aliphatic carbocycles. The summed E-state index contributed by atoms with van der Waals surface area (Å²) in [7, 11) is 3.46. The number of carboxylic acids is 1. The average Bonchev–Trinajstić information content (AvgIpc) is 2.94. The zero-order valence-electron chi connectivity index (χ0n) is 27.0. The Morgan fingerprint density at radius 3 is 2.08 bits per heavy atom. The Hall–Kier alpha value is -2.74. The maximum Gasteiger partial charge on any atom is 0.411 e. The fraction of sp³-hybridized carbons (Fsp3) is 0.688. The number of hydrogen-bond acceptors (Lipinski definition) is 6. The topological polar surface area (TPSA) is 109 Å². The van der Waals surface area contributed by atoms with Crippen LogP contribution in [0.5, 0.6) is 0 Å². The van der Waals surface area contributed by atoms with E-state index in [0.717, 1.165) is 79.7 Å². The molecule has 1 aliphatic rings. The largest absolute Gasteiger partial charge is 0.497 e. The summed E-state index contributed by atoms with van der Waals surface area (Å²) in [6.07, 6.45) is 15.1. The molecule has 1 amide bonds. The molecule has 0 aliphatic heterocycles. The zero-order valence-corrected chi connectivity index (χ0v) is 27.0. The van der Waals surface area contributed by atoms with Gasteiger partial charge in [0.2, 0.25) is 0 Å². The van der Waals surface area contributed by atoms with Gasteiger partial charge in [-0.2, -0.15) is 0 Å². The van der Waals surface area contributed by atoms with Gasteiger partial charge in [-0.1, -0.05) is 78.9 Å². The van der Waals surface area contributed by atoms with Gasteiger partial charge in [0.25, 0.3) is 0 Å². The van der Waals surface area contributed by atoms with E-state index < -0.39 is 12.1 Å². The van der Waals surface area contributed by atoms with Crippen LogP contribution < -0.4 is 16.2 Å². The summed E-state index contributed by atoms with van der Waals surface area (Å²) in [6.45, 7) is 16.2. The number of nitrogens with one attached hydrogen (secondary N) is 3. The average molecular weight is 566 g/mol. The van der Waals surface area contributed by atoms with E-state index in [-0.39, 0.29) is 12.0 Å². The van der Waals surface area contributed by atoms with Crippen LogP contribution in [0.2, 0.25) is 0 Å². The van der Waals surface area contributed by atoms with Crippen LogP contribution in [0.15, 0.2) is 46.5 Å². The second-order valence-electron chi connectivity index (χ2n) is 9.66. The third kappa shape index (κ3) is 17.8. The van der Waals surface area contributed by atoms with Gasteiger partial charge >= 0.3 is 12.1 Å². The predicted molar refractivity (Wildman–Crippen MR) is 167 cm³/mol. The summed E-state index contributed by atoms with van der Waals surface area (Å²) < 4.78 is 11.0. The van der Waals surface area contributed by atoms with Crippen molar-refractivity contribution in [3.05, 3.63) is 46.5 Å². The monoisotopic (exact) mass is 565 g/mol. The number of carboxylic acid groups (broad SMARTS) is 1. The number of methoxy groups -OCH3 is 1. The lowest BCUT2D eigenvalue weighted by Crippen LogP contribution is -2.34. The van der Waals surface area contributed by atoms with E-state index in [1.54, 1.807) is 14.2 Å². The maximum absolute atomic E-state index is 12.3. The molecule has 1 unspecified atom stereocenters. The van der Waals surface area contributed by atoms with Crippen molar-refractivity contribution in [1.82, 2.24) is 16.2 Å². The summed E-state index contributed by atoms with van der Waals surface area (Å²) >= 11 is 0. The number of carbonyl (C=O) groups excluding carboxylic acids is 1. The number of alkyl carbamates (subject to hydrolysis) is 1. The summed E-state index contributed by atoms with van der Waals surface area (Å²) in [6, 6.07) is 0. The SMILES string of the molecule is CC.CC/C=C(C)/C(=C\C=C(C)\C(NNC)=C(\CCC)NC(=O)OC(C)CCC)OC.O=C(O)C1CCCCC1. The van der Waals surface area contributed by atoms with Crippen LogP contribution in [0.4, 0.5) is 4.79 Å². The van der Waals surface area contributed by atoms with Crippen LogP contribution in [0.3, 0.4) is 0 Å². The minimum absolute atomic E-state index is 0.0289. The van der Waals surface area contributed by atoms with E-state index >= 15 is 0 Å². The molecule has 8 heteroatoms. The minimum Gasteiger partial charge on any atom is -0.497 e. The van der Waals surface area contributed by atoms with Crippen molar-refractivity contribution in [2.75, 3.05) is 14.2 Å². The van der Waals surface area contributed by atoms with Crippen molar-refractivity contribution in [2.45, 2.75) is 126 Å². The Morgan fingerprint density at radius 1 is 1.00 bits per heavy atom. The molecule has 232 valence electrons. The molecular formula is C32H59N3O5. The highest BCUT2D eigenvalue weighted by molar-refractivity contribution is 5.70. The van der Waals surface area contributed by atoms with Gasteiger partial charge in [0.1, 0.15) is 11.9 Å². The molecule has 40 heavy (non-hydrogen) atoms. The number of carbonyl (C=O) groups is 2. The fourth-order valence-electron chi connectivity index (χ4n) is 4.24. The Labute approximate surface area is 244 Å². The highest BCUT2D eigenvalue weighted by Crippen LogP contribution is 2.23. The Morgan fingerprint density at radius 2 is 1.62 bits per heavy atom. The van der Waals surface area contributed by atoms with E-state index in [9.17, 15) is 9.59 Å². The van der Waals surface area contributed by atoms with E-state index in [1.807, 2.05) is 46.8 Å². The number of allylic oxidation sites excluding steroid dienone is 6. The molecule has 0 aromatic rings. The van der Waals surface area contributed by atoms with Gasteiger partial charge in [-0.25, -0.2) is 10.2 Å². The van der Waals surface area contributed by atoms with Gasteiger partial charge in [-0.15, -0.1) is 0 Å². The van der Waals surface area contributed by atoms with Crippen LogP contribution in [0, 0.1) is 5.92 Å². The molecule has 1 saturated carbocycles. The van der Waals surface area contributed by atoms with Gasteiger partial charge in [0.05, 0.1) is 18.7 Å². The second-order valence-corrected chi connectivity index (χ2v) is 9.66. The molecular weight excluding hydrogens is 506 g/mol. The van der Waals surface area contributed by atoms with Crippen molar-refractivity contribution >= 4 is 12.1 Å². The first kappa shape index (κ1) is 39.4. The van der Waals surface area contributed by atoms with Gasteiger partial charge in [0, 0.05) is 12.7 Å². The summed E-state index contributed by atoms with van der Waals surface area (Å²) in [4.78, 5) is 22.7. The van der Waals surface area contributed by atoms with E-state index in [0.29, 0.717) is 6.42 Å². The van der Waals surface area contributed by atoms with Crippen molar-refractivity contribution < 1.29 is 24.2 Å². The highest BCUT2D eigenvalue weighted by Gasteiger charge is 2.19. The van der Waals surface area contributed by atoms with Gasteiger partial charge in [0.15, 0.2) is 0 Å². The van der Waals surface area contributed by atoms with Crippen molar-refractivity contribution in [1.29, 1.82) is 0 Å². The lowest BCUT2D eigenvalue weighted by Gasteiger charge is -2.19. The molecule has 8 nitrogen and oxygen atoms in total. The maximum atomic E-state index is 12.3. The minimum atomic E-state index is -0.602. The number of hydrogen-bond donors (Lipinski definition) is 4. The number of aliphatic carboxylic acids is 1. The lowest BCUT2D eigenvalue weighted by atomic mass is 9.90. The van der Waals surface area contributed by atoms with E-state index in [1.165, 1.54) is 6.42 Å². The quantitative estimate of drug-likeness (QED) is 0.0956. The zero-order chi connectivity index (χ0) is 30.9. The van der Waals surface area contributed by atoms with Crippen LogP contribution in [-0.4, -0.2) is 37.4 Å². The Balaban J connectivity index is 0. The van der Waals surface area contributed by atoms with E-state index in [2.05, 4.69) is 43.0 Å². The molecule has 0 bridgehead atoms.